The van der Waals surface area contributed by atoms with E-state index in [1.54, 1.807) is 24.3 Å². The van der Waals surface area contributed by atoms with Gasteiger partial charge in [-0.25, -0.2) is 8.42 Å². The van der Waals surface area contributed by atoms with Crippen LogP contribution in [-0.4, -0.2) is 42.4 Å². The molecule has 3 rings (SSSR count). The van der Waals surface area contributed by atoms with Crippen molar-refractivity contribution in [3.8, 4) is 0 Å². The molecule has 0 N–H and O–H groups in total. The molecule has 2 aromatic rings. The summed E-state index contributed by atoms with van der Waals surface area (Å²) >= 11 is 0. The van der Waals surface area contributed by atoms with Crippen LogP contribution in [0.2, 0.25) is 0 Å². The average molecular weight is 388 g/mol. The summed E-state index contributed by atoms with van der Waals surface area (Å²) in [7, 11) is -3.59. The SMILES string of the molecule is O=C1c2ccccc2C(=O)N1CCCCS(=O)(=O)c1ccc([N+](=O)[O-])cc1. The van der Waals surface area contributed by atoms with E-state index in [0.29, 0.717) is 17.5 Å². The van der Waals surface area contributed by atoms with E-state index in [1.807, 2.05) is 0 Å². The third-order valence-electron chi connectivity index (χ3n) is 4.33. The monoisotopic (exact) mass is 388 g/mol. The molecule has 27 heavy (non-hydrogen) atoms. The smallest absolute Gasteiger partial charge is 0.269 e. The Morgan fingerprint density at radius 2 is 1.44 bits per heavy atom. The number of hydrogen-bond acceptors (Lipinski definition) is 6. The number of carbonyl (C=O) groups excluding carboxylic acids is 2. The zero-order valence-corrected chi connectivity index (χ0v) is 15.0. The number of carbonyl (C=O) groups is 2. The van der Waals surface area contributed by atoms with E-state index in [0.717, 1.165) is 17.0 Å². The van der Waals surface area contributed by atoms with Gasteiger partial charge in [-0.15, -0.1) is 0 Å². The highest BCUT2D eigenvalue weighted by molar-refractivity contribution is 7.91. The fourth-order valence-corrected chi connectivity index (χ4v) is 4.27. The first-order valence-corrected chi connectivity index (χ1v) is 9.89. The Kier molecular flexibility index (Phi) is 5.04. The lowest BCUT2D eigenvalue weighted by atomic mass is 10.1. The maximum absolute atomic E-state index is 12.3. The first kappa shape index (κ1) is 18.7. The summed E-state index contributed by atoms with van der Waals surface area (Å²) in [6.45, 7) is 0.141. The number of unbranched alkanes of at least 4 members (excludes halogenated alkanes) is 1. The Morgan fingerprint density at radius 1 is 0.889 bits per heavy atom. The van der Waals surface area contributed by atoms with Crippen molar-refractivity contribution in [1.82, 2.24) is 4.90 Å². The number of rotatable bonds is 7. The molecule has 9 heteroatoms. The lowest BCUT2D eigenvalue weighted by Crippen LogP contribution is -2.30. The van der Waals surface area contributed by atoms with Crippen LogP contribution in [0.3, 0.4) is 0 Å². The van der Waals surface area contributed by atoms with Gasteiger partial charge < -0.3 is 0 Å². The summed E-state index contributed by atoms with van der Waals surface area (Å²) < 4.78 is 24.6. The zero-order chi connectivity index (χ0) is 19.6. The van der Waals surface area contributed by atoms with Crippen molar-refractivity contribution in [2.75, 3.05) is 12.3 Å². The van der Waals surface area contributed by atoms with Crippen molar-refractivity contribution >= 4 is 27.3 Å². The Hall–Kier alpha value is -3.07. The highest BCUT2D eigenvalue weighted by Crippen LogP contribution is 2.23. The number of nitro benzene ring substituents is 1. The molecule has 0 saturated carbocycles. The summed E-state index contributed by atoms with van der Waals surface area (Å²) in [5.41, 5.74) is 0.543. The van der Waals surface area contributed by atoms with Gasteiger partial charge in [-0.05, 0) is 37.1 Å². The average Bonchev–Trinajstić information content (AvgIpc) is 2.90. The Balaban J connectivity index is 1.56. The molecule has 0 atom stereocenters. The first-order valence-electron chi connectivity index (χ1n) is 8.24. The van der Waals surface area contributed by atoms with Gasteiger partial charge in [0.25, 0.3) is 17.5 Å². The van der Waals surface area contributed by atoms with E-state index in [4.69, 9.17) is 0 Å². The van der Waals surface area contributed by atoms with E-state index in [-0.39, 0.29) is 41.1 Å². The molecular formula is C18H16N2O6S. The van der Waals surface area contributed by atoms with Crippen LogP contribution in [0, 0.1) is 10.1 Å². The molecule has 2 aromatic carbocycles. The summed E-state index contributed by atoms with van der Waals surface area (Å²) in [6.07, 6.45) is 0.602. The number of sulfone groups is 1. The highest BCUT2D eigenvalue weighted by Gasteiger charge is 2.34. The van der Waals surface area contributed by atoms with Crippen molar-refractivity contribution < 1.29 is 22.9 Å². The second-order valence-electron chi connectivity index (χ2n) is 6.08. The Morgan fingerprint density at radius 3 is 1.96 bits per heavy atom. The molecule has 140 valence electrons. The molecule has 0 saturated heterocycles. The summed E-state index contributed by atoms with van der Waals surface area (Å²) in [6, 6.07) is 11.3. The molecule has 1 aliphatic heterocycles. The standard InChI is InChI=1S/C18H16N2O6S/c21-17-15-5-1-2-6-16(15)18(22)19(17)11-3-4-12-27(25,26)14-9-7-13(8-10-14)20(23)24/h1-2,5-10H,3-4,11-12H2. The van der Waals surface area contributed by atoms with Crippen LogP contribution >= 0.6 is 0 Å². The van der Waals surface area contributed by atoms with Crippen molar-refractivity contribution in [3.63, 3.8) is 0 Å². The van der Waals surface area contributed by atoms with E-state index in [9.17, 15) is 28.1 Å². The van der Waals surface area contributed by atoms with E-state index in [2.05, 4.69) is 0 Å². The van der Waals surface area contributed by atoms with Gasteiger partial charge in [0.15, 0.2) is 9.84 Å². The second-order valence-corrected chi connectivity index (χ2v) is 8.19. The number of amides is 2. The van der Waals surface area contributed by atoms with E-state index in [1.165, 1.54) is 12.1 Å². The van der Waals surface area contributed by atoms with Gasteiger partial charge in [0, 0.05) is 18.7 Å². The third-order valence-corrected chi connectivity index (χ3v) is 6.15. The van der Waals surface area contributed by atoms with Gasteiger partial charge in [-0.1, -0.05) is 12.1 Å². The third kappa shape index (κ3) is 3.72. The van der Waals surface area contributed by atoms with E-state index < -0.39 is 14.8 Å². The predicted octanol–water partition coefficient (Wildman–Crippen LogP) is 2.44. The Bertz CT molecular complexity index is 979. The Labute approximate surface area is 155 Å². The first-order chi connectivity index (χ1) is 12.8. The van der Waals surface area contributed by atoms with Crippen LogP contribution in [0.4, 0.5) is 5.69 Å². The van der Waals surface area contributed by atoms with E-state index >= 15 is 0 Å². The maximum Gasteiger partial charge on any atom is 0.269 e. The summed E-state index contributed by atoms with van der Waals surface area (Å²) in [5, 5.41) is 10.6. The van der Waals surface area contributed by atoms with Gasteiger partial charge in [-0.2, -0.15) is 0 Å². The van der Waals surface area contributed by atoms with Gasteiger partial charge in [-0.3, -0.25) is 24.6 Å². The molecule has 0 unspecified atom stereocenters. The van der Waals surface area contributed by atoms with Crippen LogP contribution in [0.25, 0.3) is 0 Å². The molecule has 0 radical (unpaired) electrons. The molecule has 1 heterocycles. The number of nitrogens with zero attached hydrogens (tertiary/aromatic N) is 2. The topological polar surface area (TPSA) is 115 Å². The summed E-state index contributed by atoms with van der Waals surface area (Å²) in [4.78, 5) is 35.6. The predicted molar refractivity (Wildman–Crippen MR) is 96.2 cm³/mol. The molecule has 0 aliphatic carbocycles. The van der Waals surface area contributed by atoms with Crippen LogP contribution in [0.5, 0.6) is 0 Å². The minimum absolute atomic E-state index is 0.00818. The van der Waals surface area contributed by atoms with Crippen molar-refractivity contribution in [3.05, 3.63) is 69.8 Å². The van der Waals surface area contributed by atoms with Crippen LogP contribution in [0.1, 0.15) is 33.6 Å². The molecule has 0 spiro atoms. The second kappa shape index (κ2) is 7.28. The quantitative estimate of drug-likeness (QED) is 0.311. The van der Waals surface area contributed by atoms with Crippen LogP contribution in [0.15, 0.2) is 53.4 Å². The van der Waals surface area contributed by atoms with Crippen LogP contribution < -0.4 is 0 Å². The number of hydrogen-bond donors (Lipinski definition) is 0. The van der Waals surface area contributed by atoms with Gasteiger partial charge >= 0.3 is 0 Å². The molecule has 2 amide bonds. The number of benzene rings is 2. The zero-order valence-electron chi connectivity index (χ0n) is 14.2. The minimum atomic E-state index is -3.59. The molecule has 0 aromatic heterocycles. The fraction of sp³-hybridized carbons (Fsp3) is 0.222. The number of non-ortho nitro benzene ring substituents is 1. The van der Waals surface area contributed by atoms with Crippen LogP contribution in [-0.2, 0) is 9.84 Å². The molecule has 1 aliphatic rings. The lowest BCUT2D eigenvalue weighted by molar-refractivity contribution is -0.384. The lowest BCUT2D eigenvalue weighted by Gasteiger charge is -2.13. The normalized spacial score (nSPS) is 13.7. The molecule has 0 fully saturated rings. The highest BCUT2D eigenvalue weighted by atomic mass is 32.2. The van der Waals surface area contributed by atoms with Crippen molar-refractivity contribution in [2.45, 2.75) is 17.7 Å². The van der Waals surface area contributed by atoms with Gasteiger partial charge in [0.1, 0.15) is 0 Å². The molecular weight excluding hydrogens is 372 g/mol. The maximum atomic E-state index is 12.3. The van der Waals surface area contributed by atoms with Crippen molar-refractivity contribution in [2.24, 2.45) is 0 Å². The number of fused-ring (bicyclic) bond motifs is 1. The minimum Gasteiger partial charge on any atom is -0.274 e. The molecule has 0 bridgehead atoms. The van der Waals surface area contributed by atoms with Crippen molar-refractivity contribution in [1.29, 1.82) is 0 Å². The number of imide groups is 1. The van der Waals surface area contributed by atoms with Gasteiger partial charge in [0.2, 0.25) is 0 Å². The summed E-state index contributed by atoms with van der Waals surface area (Å²) in [5.74, 6) is -0.906. The number of nitro groups is 1. The largest absolute Gasteiger partial charge is 0.274 e. The molecule has 8 nitrogen and oxygen atoms in total. The fourth-order valence-electron chi connectivity index (χ4n) is 2.90. The van der Waals surface area contributed by atoms with Gasteiger partial charge in [0.05, 0.1) is 26.7 Å².